The van der Waals surface area contributed by atoms with E-state index in [9.17, 15) is 4.39 Å². The maximum Gasteiger partial charge on any atom is 0.190 e. The minimum atomic E-state index is -0.213. The number of rotatable bonds is 10. The van der Waals surface area contributed by atoms with Crippen LogP contribution < -0.4 is 10.6 Å². The van der Waals surface area contributed by atoms with Gasteiger partial charge in [-0.05, 0) is 62.7 Å². The van der Waals surface area contributed by atoms with Crippen LogP contribution in [-0.2, 0) is 6.42 Å². The topological polar surface area (TPSA) is 55.4 Å². The normalized spacial score (nSPS) is 12.1. The molecule has 0 saturated carbocycles. The highest BCUT2D eigenvalue weighted by molar-refractivity contribution is 5.83. The molecule has 1 aromatic carbocycles. The number of nitrogens with zero attached hydrogens (tertiary/aromatic N) is 2. The average molecular weight is 362 g/mol. The Kier molecular flexibility index (Phi) is 8.41. The van der Waals surface area contributed by atoms with Crippen LogP contribution in [0.25, 0.3) is 10.9 Å². The quantitative estimate of drug-likeness (QED) is 0.346. The zero-order chi connectivity index (χ0) is 18.8. The molecule has 0 aliphatic carbocycles. The van der Waals surface area contributed by atoms with E-state index >= 15 is 0 Å². The molecule has 0 spiro atoms. The highest BCUT2D eigenvalue weighted by atomic mass is 19.1. The van der Waals surface area contributed by atoms with E-state index in [0.29, 0.717) is 0 Å². The van der Waals surface area contributed by atoms with Crippen LogP contribution in [0.3, 0.4) is 0 Å². The Morgan fingerprint density at radius 1 is 1.15 bits per heavy atom. The summed E-state index contributed by atoms with van der Waals surface area (Å²) in [6.45, 7) is 9.51. The smallest absolute Gasteiger partial charge is 0.190 e. The summed E-state index contributed by atoms with van der Waals surface area (Å²) in [6, 6.07) is 4.87. The van der Waals surface area contributed by atoms with Crippen molar-refractivity contribution in [2.45, 2.75) is 33.1 Å². The van der Waals surface area contributed by atoms with E-state index in [2.05, 4.69) is 39.4 Å². The van der Waals surface area contributed by atoms with E-state index in [-0.39, 0.29) is 5.82 Å². The molecule has 0 radical (unpaired) electrons. The van der Waals surface area contributed by atoms with E-state index < -0.39 is 0 Å². The van der Waals surface area contributed by atoms with Crippen molar-refractivity contribution < 1.29 is 4.39 Å². The number of aromatic nitrogens is 1. The van der Waals surface area contributed by atoms with E-state index in [4.69, 9.17) is 0 Å². The minimum absolute atomic E-state index is 0.213. The average Bonchev–Trinajstić information content (AvgIpc) is 3.05. The van der Waals surface area contributed by atoms with Crippen LogP contribution in [0.5, 0.6) is 0 Å². The Morgan fingerprint density at radius 3 is 2.65 bits per heavy atom. The number of guanidine groups is 1. The van der Waals surface area contributed by atoms with E-state index in [1.807, 2.05) is 12.3 Å². The number of hydrogen-bond donors (Lipinski definition) is 3. The van der Waals surface area contributed by atoms with Crippen molar-refractivity contribution in [3.8, 4) is 0 Å². The summed E-state index contributed by atoms with van der Waals surface area (Å²) in [5.74, 6) is 0.619. The number of halogens is 1. The van der Waals surface area contributed by atoms with Gasteiger partial charge in [0.05, 0.1) is 0 Å². The summed E-state index contributed by atoms with van der Waals surface area (Å²) in [5.41, 5.74) is 2.03. The van der Waals surface area contributed by atoms with Crippen LogP contribution in [0.2, 0.25) is 0 Å². The molecular weight excluding hydrogens is 329 g/mol. The van der Waals surface area contributed by atoms with Gasteiger partial charge < -0.3 is 20.5 Å². The summed E-state index contributed by atoms with van der Waals surface area (Å²) < 4.78 is 13.2. The fourth-order valence-corrected chi connectivity index (χ4v) is 3.11. The standard InChI is InChI=1S/C20H32FN5/c1-4-26(5-2)13-7-6-11-23-20(22-3)24-12-10-16-15-25-19-14-17(21)8-9-18(16)19/h8-9,14-15,25H,4-7,10-13H2,1-3H3,(H2,22,23,24). The first-order valence-corrected chi connectivity index (χ1v) is 9.60. The van der Waals surface area contributed by atoms with Crippen LogP contribution in [0.15, 0.2) is 29.4 Å². The second-order valence-corrected chi connectivity index (χ2v) is 6.41. The molecule has 5 nitrogen and oxygen atoms in total. The first-order valence-electron chi connectivity index (χ1n) is 9.60. The Balaban J connectivity index is 1.68. The van der Waals surface area contributed by atoms with Crippen LogP contribution >= 0.6 is 0 Å². The van der Waals surface area contributed by atoms with Crippen molar-refractivity contribution >= 4 is 16.9 Å². The molecule has 2 aromatic rings. The predicted molar refractivity (Wildman–Crippen MR) is 108 cm³/mol. The van der Waals surface area contributed by atoms with Gasteiger partial charge in [-0.1, -0.05) is 13.8 Å². The fraction of sp³-hybridized carbons (Fsp3) is 0.550. The zero-order valence-corrected chi connectivity index (χ0v) is 16.2. The Morgan fingerprint density at radius 2 is 1.92 bits per heavy atom. The van der Waals surface area contributed by atoms with Gasteiger partial charge in [-0.15, -0.1) is 0 Å². The number of aromatic amines is 1. The van der Waals surface area contributed by atoms with E-state index in [0.717, 1.165) is 62.4 Å². The maximum atomic E-state index is 13.2. The first kappa shape index (κ1) is 20.2. The van der Waals surface area contributed by atoms with Crippen LogP contribution in [0, 0.1) is 5.82 Å². The number of H-pyrrole nitrogens is 1. The molecule has 0 atom stereocenters. The molecular formula is C20H32FN5. The molecule has 2 rings (SSSR count). The van der Waals surface area contributed by atoms with Crippen molar-refractivity contribution in [1.29, 1.82) is 0 Å². The van der Waals surface area contributed by atoms with Crippen LogP contribution in [-0.4, -0.2) is 55.6 Å². The molecule has 0 saturated heterocycles. The number of fused-ring (bicyclic) bond motifs is 1. The second-order valence-electron chi connectivity index (χ2n) is 6.41. The summed E-state index contributed by atoms with van der Waals surface area (Å²) >= 11 is 0. The highest BCUT2D eigenvalue weighted by Gasteiger charge is 2.05. The van der Waals surface area contributed by atoms with Gasteiger partial charge >= 0.3 is 0 Å². The van der Waals surface area contributed by atoms with Crippen molar-refractivity contribution in [2.75, 3.05) is 39.8 Å². The lowest BCUT2D eigenvalue weighted by atomic mass is 10.1. The van der Waals surface area contributed by atoms with Gasteiger partial charge in [0.25, 0.3) is 0 Å². The van der Waals surface area contributed by atoms with Gasteiger partial charge in [0.2, 0.25) is 0 Å². The van der Waals surface area contributed by atoms with Crippen molar-refractivity contribution in [1.82, 2.24) is 20.5 Å². The molecule has 0 aliphatic heterocycles. The van der Waals surface area contributed by atoms with Gasteiger partial charge in [-0.25, -0.2) is 4.39 Å². The third kappa shape index (κ3) is 6.02. The predicted octanol–water partition coefficient (Wildman–Crippen LogP) is 3.14. The second kappa shape index (κ2) is 10.8. The maximum absolute atomic E-state index is 13.2. The van der Waals surface area contributed by atoms with Gasteiger partial charge in [0.15, 0.2) is 5.96 Å². The highest BCUT2D eigenvalue weighted by Crippen LogP contribution is 2.19. The molecule has 26 heavy (non-hydrogen) atoms. The molecule has 3 N–H and O–H groups in total. The zero-order valence-electron chi connectivity index (χ0n) is 16.2. The first-order chi connectivity index (χ1) is 12.7. The molecule has 0 aliphatic rings. The lowest BCUT2D eigenvalue weighted by Crippen LogP contribution is -2.38. The summed E-state index contributed by atoms with van der Waals surface area (Å²) in [6.07, 6.45) is 5.13. The fourth-order valence-electron chi connectivity index (χ4n) is 3.11. The van der Waals surface area contributed by atoms with Crippen molar-refractivity contribution in [3.63, 3.8) is 0 Å². The summed E-state index contributed by atoms with van der Waals surface area (Å²) in [7, 11) is 1.79. The third-order valence-corrected chi connectivity index (χ3v) is 4.73. The lowest BCUT2D eigenvalue weighted by Gasteiger charge is -2.18. The van der Waals surface area contributed by atoms with Gasteiger partial charge in [0, 0.05) is 37.2 Å². The number of hydrogen-bond acceptors (Lipinski definition) is 2. The van der Waals surface area contributed by atoms with Crippen LogP contribution in [0.1, 0.15) is 32.3 Å². The molecule has 6 heteroatoms. The Bertz CT molecular complexity index is 691. The molecule has 0 unspecified atom stereocenters. The van der Waals surface area contributed by atoms with Gasteiger partial charge in [-0.2, -0.15) is 0 Å². The van der Waals surface area contributed by atoms with Gasteiger partial charge in [-0.3, -0.25) is 4.99 Å². The molecule has 0 bridgehead atoms. The van der Waals surface area contributed by atoms with Gasteiger partial charge in [0.1, 0.15) is 5.82 Å². The third-order valence-electron chi connectivity index (χ3n) is 4.73. The Hall–Kier alpha value is -2.08. The molecule has 1 aromatic heterocycles. The summed E-state index contributed by atoms with van der Waals surface area (Å²) in [5, 5.41) is 7.79. The SMILES string of the molecule is CCN(CC)CCCCNC(=NC)NCCc1c[nH]c2cc(F)ccc12. The van der Waals surface area contributed by atoms with E-state index in [1.54, 1.807) is 7.05 Å². The summed E-state index contributed by atoms with van der Waals surface area (Å²) in [4.78, 5) is 9.85. The minimum Gasteiger partial charge on any atom is -0.361 e. The van der Waals surface area contributed by atoms with Crippen molar-refractivity contribution in [2.24, 2.45) is 4.99 Å². The lowest BCUT2D eigenvalue weighted by molar-refractivity contribution is 0.297. The number of unbranched alkanes of at least 4 members (excludes halogenated alkanes) is 1. The van der Waals surface area contributed by atoms with Crippen molar-refractivity contribution in [3.05, 3.63) is 35.8 Å². The monoisotopic (exact) mass is 361 g/mol. The number of aliphatic imine (C=N–C) groups is 1. The number of nitrogens with one attached hydrogen (secondary N) is 3. The molecule has 0 amide bonds. The molecule has 1 heterocycles. The Labute approximate surface area is 156 Å². The van der Waals surface area contributed by atoms with E-state index in [1.165, 1.54) is 24.1 Å². The largest absolute Gasteiger partial charge is 0.361 e. The molecule has 0 fully saturated rings. The molecule has 144 valence electrons. The number of benzene rings is 1. The van der Waals surface area contributed by atoms with Crippen LogP contribution in [0.4, 0.5) is 4.39 Å².